The fourth-order valence-electron chi connectivity index (χ4n) is 12.9. The maximum atomic E-state index is 13.1. The molecule has 0 aliphatic carbocycles. The van der Waals surface area contributed by atoms with Gasteiger partial charge in [0.05, 0.1) is 39.1 Å². The first-order valence-electron chi connectivity index (χ1n) is 37.5. The molecule has 6 heterocycles. The number of unbranched alkanes of at least 4 members (excludes halogenated alkanes) is 2. The third kappa shape index (κ3) is 31.4. The third-order valence-corrected chi connectivity index (χ3v) is 25.4. The topological polar surface area (TPSA) is 727 Å². The largest absolute Gasteiger partial charge is 0.481 e. The molecule has 2 saturated heterocycles. The summed E-state index contributed by atoms with van der Waals surface area (Å²) in [5.74, 6) is -3.37. The molecule has 0 radical (unpaired) electrons. The molecule has 4 aromatic heterocycles. The molecular formula is C66H106N14O34P6. The molecular weight excluding hydrogens is 1720 g/mol. The average molecular weight is 1830 g/mol. The lowest BCUT2D eigenvalue weighted by Gasteiger charge is -2.30. The Morgan fingerprint density at radius 3 is 1.18 bits per heavy atom. The van der Waals surface area contributed by atoms with E-state index in [0.717, 1.165) is 85.8 Å². The second-order valence-corrected chi connectivity index (χ2v) is 40.1. The number of hydrogen-bond donors (Lipinski definition) is 18. The molecule has 14 unspecified atom stereocenters. The summed E-state index contributed by atoms with van der Waals surface area (Å²) in [6.07, 6.45) is -7.34. The van der Waals surface area contributed by atoms with Crippen molar-refractivity contribution in [3.63, 3.8) is 0 Å². The normalized spacial score (nSPS) is 21.4. The number of nitrogens with one attached hydrogen (secondary N) is 4. The van der Waals surface area contributed by atoms with E-state index in [1.165, 1.54) is 38.8 Å². The molecule has 0 spiro atoms. The Labute approximate surface area is 687 Å². The van der Waals surface area contributed by atoms with Gasteiger partial charge in [-0.1, -0.05) is 92.5 Å². The number of aryl methyl sites for hydroxylation is 2. The van der Waals surface area contributed by atoms with Crippen LogP contribution in [0.3, 0.4) is 0 Å². The quantitative estimate of drug-likeness (QED) is 0.0196. The van der Waals surface area contributed by atoms with Gasteiger partial charge in [0.15, 0.2) is 35.4 Å². The first kappa shape index (κ1) is 101. The zero-order valence-electron chi connectivity index (χ0n) is 66.7. The predicted octanol–water partition coefficient (Wildman–Crippen LogP) is 2.70. The standard InChI is InChI=1S/C66H106N14O34P6/c1-63(2,29-41(81)19-25-69-45(83)21-27-71-59(89)53(87)65(5,6)33-107-119(101,102)113-117(97,98)105-31-43-51(111-115(91,92)93)49(85)61(109-43)79-37-77-47-55(67)73-35-75-57(47)79)23-13-11-17-39-15-9-10-16-40(39)18-12-14-24-64(3,4)30-42(82)20-26-70-46(84)22-28-72-60(90)54(88)66(7,8)34-108-120(103,104)114-118(99,100)106-32-44-52(112-116(94,95)96)50(86)62(110-44)80-38-78-48-56(68)74-36-76-58(48)80/h9-10,15-16,35-38,43-44,49-54,61-62,85-88H,11-14,17-34H2,1-8H3,(H,69,83)(H,70,84)(H,71,89)(H,72,90)(H,97,98)(H,99,100)(H,101,102)(H,103,104)(H2,67,73,75)(H2,68,74,76)(H2,91,92,93)(H2,94,95,96). The van der Waals surface area contributed by atoms with Gasteiger partial charge in [0.1, 0.15) is 84.1 Å². The molecule has 674 valence electrons. The van der Waals surface area contributed by atoms with Crippen molar-refractivity contribution in [2.24, 2.45) is 21.7 Å². The predicted molar refractivity (Wildman–Crippen MR) is 417 cm³/mol. The van der Waals surface area contributed by atoms with Gasteiger partial charge in [0, 0.05) is 75.5 Å². The summed E-state index contributed by atoms with van der Waals surface area (Å²) in [5.41, 5.74) is 10.1. The fourth-order valence-corrected chi connectivity index (χ4v) is 18.5. The maximum absolute atomic E-state index is 13.1. The Balaban J connectivity index is 0.704. The molecule has 14 atom stereocenters. The van der Waals surface area contributed by atoms with Gasteiger partial charge >= 0.3 is 46.9 Å². The molecule has 48 nitrogen and oxygen atoms in total. The Morgan fingerprint density at radius 1 is 0.492 bits per heavy atom. The van der Waals surface area contributed by atoms with E-state index in [-0.39, 0.29) is 121 Å². The number of nitrogens with zero attached hydrogens (tertiary/aromatic N) is 8. The summed E-state index contributed by atoms with van der Waals surface area (Å²) in [5, 5.41) is 53.6. The number of benzene rings is 1. The molecule has 0 saturated carbocycles. The third-order valence-electron chi connectivity index (χ3n) is 19.2. The van der Waals surface area contributed by atoms with Gasteiger partial charge in [0.25, 0.3) is 0 Å². The number of Topliss-reactive ketones (excluding diaryl/α,β-unsaturated/α-hetero) is 2. The Morgan fingerprint density at radius 2 is 0.833 bits per heavy atom. The van der Waals surface area contributed by atoms with E-state index >= 15 is 0 Å². The number of aliphatic hydroxyl groups excluding tert-OH is 4. The molecule has 54 heteroatoms. The number of imidazole rings is 2. The Bertz CT molecular complexity index is 4400. The smallest absolute Gasteiger partial charge is 0.386 e. The number of ether oxygens (including phenoxy) is 2. The van der Waals surface area contributed by atoms with Crippen molar-refractivity contribution in [1.82, 2.24) is 60.3 Å². The van der Waals surface area contributed by atoms with Crippen LogP contribution in [0.15, 0.2) is 49.6 Å². The van der Waals surface area contributed by atoms with Crippen LogP contribution < -0.4 is 32.7 Å². The highest BCUT2D eigenvalue weighted by Crippen LogP contribution is 2.63. The van der Waals surface area contributed by atoms with Crippen LogP contribution in [-0.2, 0) is 114 Å². The highest BCUT2D eigenvalue weighted by molar-refractivity contribution is 7.61. The molecule has 20 N–H and O–H groups in total. The minimum absolute atomic E-state index is 0.00439. The molecule has 120 heavy (non-hydrogen) atoms. The lowest BCUT2D eigenvalue weighted by Crippen LogP contribution is -2.46. The van der Waals surface area contributed by atoms with Gasteiger partial charge < -0.3 is 102 Å². The molecule has 4 amide bonds. The van der Waals surface area contributed by atoms with E-state index < -0.39 is 169 Å². The van der Waals surface area contributed by atoms with Crippen molar-refractivity contribution < 1.29 is 161 Å². The van der Waals surface area contributed by atoms with Crippen molar-refractivity contribution in [2.75, 3.05) is 64.1 Å². The summed E-state index contributed by atoms with van der Waals surface area (Å²) in [7, 11) is -33.2. The SMILES string of the molecule is CC(C)(CCCCc1ccccc1CCCCC(C)(C)CC(=O)CCNC(=O)CCNC(=O)C(O)C(C)(C)COP(=O)(O)OP(=O)(O)OCC1OC(n2cnc3c(N)ncnc32)C(O)C1OP(=O)(O)O)CC(=O)CCNC(=O)CCNC(=O)C(O)C(C)(C)COP(=O)(O)OP(=O)(O)OCC1OC(n2cnc3c(N)ncnc32)C(O)C1OP(=O)(O)O. The number of ketones is 2. The maximum Gasteiger partial charge on any atom is 0.481 e. The van der Waals surface area contributed by atoms with E-state index in [2.05, 4.69) is 81.0 Å². The molecule has 2 aliphatic heterocycles. The van der Waals surface area contributed by atoms with Crippen LogP contribution in [0.25, 0.3) is 22.3 Å². The molecule has 0 bridgehead atoms. The second kappa shape index (κ2) is 42.6. The average Bonchev–Trinajstić information content (AvgIpc) is 1.62. The van der Waals surface area contributed by atoms with Crippen molar-refractivity contribution in [2.45, 2.75) is 207 Å². The highest BCUT2D eigenvalue weighted by Gasteiger charge is 2.53. The first-order valence-corrected chi connectivity index (χ1v) is 46.5. The van der Waals surface area contributed by atoms with Crippen LogP contribution in [-0.4, -0.2) is 235 Å². The van der Waals surface area contributed by atoms with Crippen LogP contribution in [0.4, 0.5) is 11.6 Å². The number of nitrogens with two attached hydrogens (primary N) is 2. The van der Waals surface area contributed by atoms with Crippen LogP contribution in [0.2, 0.25) is 0 Å². The summed E-state index contributed by atoms with van der Waals surface area (Å²) in [6.45, 7) is 8.19. The zero-order valence-corrected chi connectivity index (χ0v) is 72.1. The summed E-state index contributed by atoms with van der Waals surface area (Å²) < 4.78 is 126. The van der Waals surface area contributed by atoms with Crippen molar-refractivity contribution in [3.8, 4) is 0 Å². The van der Waals surface area contributed by atoms with Crippen LogP contribution in [0.1, 0.15) is 156 Å². The monoisotopic (exact) mass is 1820 g/mol. The number of rotatable bonds is 52. The Hall–Kier alpha value is -6.36. The number of hydrogen-bond acceptors (Lipinski definition) is 34. The van der Waals surface area contributed by atoms with Crippen molar-refractivity contribution in [3.05, 3.63) is 60.7 Å². The van der Waals surface area contributed by atoms with Gasteiger partial charge in [-0.2, -0.15) is 8.62 Å². The number of aliphatic hydroxyl groups is 4. The number of phosphoric ester groups is 6. The zero-order chi connectivity index (χ0) is 89.4. The number of amides is 4. The van der Waals surface area contributed by atoms with Crippen molar-refractivity contribution in [1.29, 1.82) is 0 Å². The van der Waals surface area contributed by atoms with Gasteiger partial charge in [-0.05, 0) is 60.5 Å². The van der Waals surface area contributed by atoms with Gasteiger partial charge in [0.2, 0.25) is 23.6 Å². The number of carbonyl (C=O) groups excluding carboxylic acids is 6. The Kier molecular flexibility index (Phi) is 35.7. The number of anilines is 2. The summed E-state index contributed by atoms with van der Waals surface area (Å²) >= 11 is 0. The first-order chi connectivity index (χ1) is 55.6. The van der Waals surface area contributed by atoms with Crippen LogP contribution in [0, 0.1) is 21.7 Å². The number of aromatic nitrogens is 8. The lowest BCUT2D eigenvalue weighted by atomic mass is 9.81. The lowest BCUT2D eigenvalue weighted by molar-refractivity contribution is -0.137. The van der Waals surface area contributed by atoms with Crippen LogP contribution in [0.5, 0.6) is 0 Å². The minimum Gasteiger partial charge on any atom is -0.386 e. The van der Waals surface area contributed by atoms with E-state index in [0.29, 0.717) is 0 Å². The minimum atomic E-state index is -5.65. The summed E-state index contributed by atoms with van der Waals surface area (Å²) in [4.78, 5) is 180. The van der Waals surface area contributed by atoms with Gasteiger partial charge in [-0.25, -0.2) is 57.3 Å². The molecule has 5 aromatic rings. The van der Waals surface area contributed by atoms with Crippen molar-refractivity contribution >= 4 is 116 Å². The fraction of sp³-hybridized carbons (Fsp3) is 0.667. The van der Waals surface area contributed by atoms with Crippen LogP contribution >= 0.6 is 46.9 Å². The number of carbonyl (C=O) groups is 6. The molecule has 2 fully saturated rings. The van der Waals surface area contributed by atoms with Gasteiger partial charge in [-0.3, -0.25) is 65.0 Å². The van der Waals surface area contributed by atoms with E-state index in [4.69, 9.17) is 39.0 Å². The number of phosphoric acid groups is 6. The van der Waals surface area contributed by atoms with E-state index in [1.54, 1.807) is 0 Å². The van der Waals surface area contributed by atoms with E-state index in [9.17, 15) is 116 Å². The summed E-state index contributed by atoms with van der Waals surface area (Å²) in [6, 6.07) is 8.18. The second-order valence-electron chi connectivity index (χ2n) is 31.6. The van der Waals surface area contributed by atoms with E-state index in [1.807, 2.05) is 39.8 Å². The number of fused-ring (bicyclic) bond motifs is 2. The molecule has 2 aliphatic rings. The van der Waals surface area contributed by atoms with Gasteiger partial charge in [-0.15, -0.1) is 0 Å². The molecule has 7 rings (SSSR count). The number of nitrogen functional groups attached to an aromatic ring is 2. The highest BCUT2D eigenvalue weighted by atomic mass is 31.3. The molecule has 1 aromatic carbocycles.